The number of nitrogens with zero attached hydrogens (tertiary/aromatic N) is 3. The molecule has 33 heavy (non-hydrogen) atoms. The molecule has 2 heterocycles. The summed E-state index contributed by atoms with van der Waals surface area (Å²) in [7, 11) is 1.56. The smallest absolute Gasteiger partial charge is 0.416 e. The molecule has 0 radical (unpaired) electrons. The molecule has 2 aromatic carbocycles. The number of nitrogens with one attached hydrogen (secondary N) is 2. The number of carbonyl (C=O) groups is 1. The van der Waals surface area contributed by atoms with Gasteiger partial charge in [0.1, 0.15) is 11.0 Å². The molecule has 0 spiro atoms. The van der Waals surface area contributed by atoms with Crippen molar-refractivity contribution in [2.45, 2.75) is 42.4 Å². The van der Waals surface area contributed by atoms with E-state index in [2.05, 4.69) is 20.9 Å². The van der Waals surface area contributed by atoms with Gasteiger partial charge in [0, 0.05) is 12.1 Å². The summed E-state index contributed by atoms with van der Waals surface area (Å²) >= 11 is 1.22. The molecular formula is C22H22F3N5O2S. The Balaban J connectivity index is 1.65. The third-order valence-corrected chi connectivity index (χ3v) is 6.38. The number of methoxy groups -OCH3 is 1. The molecule has 2 N–H and O–H groups in total. The minimum Gasteiger partial charge on any atom is -0.497 e. The second-order valence-corrected chi connectivity index (χ2v) is 8.58. The molecule has 0 aliphatic carbocycles. The summed E-state index contributed by atoms with van der Waals surface area (Å²) in [6.07, 6.45) is -2.92. The van der Waals surface area contributed by atoms with E-state index in [0.29, 0.717) is 17.3 Å². The number of thioether (sulfide) groups is 1. The van der Waals surface area contributed by atoms with E-state index in [0.717, 1.165) is 29.9 Å². The first kappa shape index (κ1) is 23.0. The molecule has 11 heteroatoms. The Bertz CT molecular complexity index is 1130. The summed E-state index contributed by atoms with van der Waals surface area (Å²) in [5, 5.41) is 10.8. The van der Waals surface area contributed by atoms with Crippen LogP contribution in [0, 0.1) is 0 Å². The summed E-state index contributed by atoms with van der Waals surface area (Å²) in [5.74, 6) is 0.970. The third-order valence-electron chi connectivity index (χ3n) is 5.17. The number of hydrogen-bond donors (Lipinski definition) is 2. The highest BCUT2D eigenvalue weighted by molar-refractivity contribution is 8.00. The summed E-state index contributed by atoms with van der Waals surface area (Å²) in [6.45, 7) is 2.03. The minimum atomic E-state index is -4.50. The topological polar surface area (TPSA) is 81.1 Å². The van der Waals surface area contributed by atoms with Crippen LogP contribution in [0.15, 0.2) is 53.7 Å². The lowest BCUT2D eigenvalue weighted by Gasteiger charge is -2.33. The lowest BCUT2D eigenvalue weighted by atomic mass is 10.0. The molecule has 3 aromatic rings. The van der Waals surface area contributed by atoms with Crippen LogP contribution in [0.4, 0.5) is 18.9 Å². The Labute approximate surface area is 192 Å². The first-order valence-electron chi connectivity index (χ1n) is 10.3. The monoisotopic (exact) mass is 477 g/mol. The zero-order valence-corrected chi connectivity index (χ0v) is 18.7. The fourth-order valence-electron chi connectivity index (χ4n) is 3.53. The third kappa shape index (κ3) is 4.92. The molecule has 0 saturated carbocycles. The van der Waals surface area contributed by atoms with E-state index < -0.39 is 28.9 Å². The van der Waals surface area contributed by atoms with Crippen LogP contribution in [-0.4, -0.2) is 33.1 Å². The lowest BCUT2D eigenvalue weighted by molar-refractivity contribution is -0.137. The molecule has 0 fully saturated rings. The second kappa shape index (κ2) is 9.34. The van der Waals surface area contributed by atoms with Gasteiger partial charge >= 0.3 is 6.18 Å². The maximum absolute atomic E-state index is 13.2. The number of hydrogen-bond acceptors (Lipinski definition) is 6. The van der Waals surface area contributed by atoms with Crippen LogP contribution >= 0.6 is 11.8 Å². The van der Waals surface area contributed by atoms with Gasteiger partial charge in [0.05, 0.1) is 18.7 Å². The largest absolute Gasteiger partial charge is 0.497 e. The Morgan fingerprint density at radius 2 is 1.97 bits per heavy atom. The van der Waals surface area contributed by atoms with Gasteiger partial charge in [-0.15, -0.1) is 10.2 Å². The van der Waals surface area contributed by atoms with Crippen molar-refractivity contribution in [2.75, 3.05) is 17.9 Å². The SMILES string of the molecule is CCCc1nnc2n1N[C@H](c1ccc(OC)cc1)[C@@H](C(=O)Nc1cccc(C(F)(F)F)c1)S2. The van der Waals surface area contributed by atoms with Crippen molar-refractivity contribution in [3.05, 3.63) is 65.5 Å². The minimum absolute atomic E-state index is 0.0719. The van der Waals surface area contributed by atoms with Gasteiger partial charge in [-0.1, -0.05) is 36.9 Å². The number of ether oxygens (including phenoxy) is 1. The quantitative estimate of drug-likeness (QED) is 0.538. The molecule has 0 saturated heterocycles. The molecule has 4 rings (SSSR count). The van der Waals surface area contributed by atoms with Crippen molar-refractivity contribution in [3.8, 4) is 5.75 Å². The number of halogens is 3. The van der Waals surface area contributed by atoms with Gasteiger partial charge in [-0.2, -0.15) is 13.2 Å². The zero-order valence-electron chi connectivity index (χ0n) is 17.9. The molecule has 1 aliphatic heterocycles. The van der Waals surface area contributed by atoms with Gasteiger partial charge in [-0.25, -0.2) is 4.68 Å². The Kier molecular flexibility index (Phi) is 6.50. The molecule has 1 amide bonds. The maximum atomic E-state index is 13.2. The molecule has 0 unspecified atom stereocenters. The first-order chi connectivity index (χ1) is 15.8. The summed E-state index contributed by atoms with van der Waals surface area (Å²) in [4.78, 5) is 13.2. The van der Waals surface area contributed by atoms with E-state index in [1.54, 1.807) is 23.9 Å². The highest BCUT2D eigenvalue weighted by Gasteiger charge is 2.38. The molecule has 0 bridgehead atoms. The maximum Gasteiger partial charge on any atom is 0.416 e. The van der Waals surface area contributed by atoms with Gasteiger partial charge in [-0.3, -0.25) is 4.79 Å². The van der Waals surface area contributed by atoms with Crippen LogP contribution in [0.3, 0.4) is 0 Å². The molecule has 7 nitrogen and oxygen atoms in total. The highest BCUT2D eigenvalue weighted by Crippen LogP contribution is 2.38. The normalized spacial score (nSPS) is 17.7. The van der Waals surface area contributed by atoms with Crippen molar-refractivity contribution in [1.29, 1.82) is 0 Å². The summed E-state index contributed by atoms with van der Waals surface area (Å²) < 4.78 is 46.2. The number of fused-ring (bicyclic) bond motifs is 1. The van der Waals surface area contributed by atoms with Crippen LogP contribution in [0.1, 0.15) is 36.3 Å². The van der Waals surface area contributed by atoms with Gasteiger partial charge in [0.2, 0.25) is 11.1 Å². The van der Waals surface area contributed by atoms with Crippen molar-refractivity contribution >= 4 is 23.4 Å². The van der Waals surface area contributed by atoms with E-state index in [9.17, 15) is 18.0 Å². The predicted molar refractivity (Wildman–Crippen MR) is 119 cm³/mol. The average molecular weight is 478 g/mol. The number of benzene rings is 2. The number of anilines is 1. The molecule has 2 atom stereocenters. The fourth-order valence-corrected chi connectivity index (χ4v) is 4.63. The van der Waals surface area contributed by atoms with E-state index in [1.807, 2.05) is 19.1 Å². The number of rotatable bonds is 6. The lowest BCUT2D eigenvalue weighted by Crippen LogP contribution is -2.41. The molecule has 174 valence electrons. The number of aromatic nitrogens is 3. The van der Waals surface area contributed by atoms with Gasteiger partial charge in [0.25, 0.3) is 0 Å². The molecular weight excluding hydrogens is 455 g/mol. The Morgan fingerprint density at radius 1 is 1.21 bits per heavy atom. The van der Waals surface area contributed by atoms with E-state index in [-0.39, 0.29) is 5.69 Å². The number of aryl methyl sites for hydroxylation is 1. The second-order valence-electron chi connectivity index (χ2n) is 7.47. The van der Waals surface area contributed by atoms with E-state index in [4.69, 9.17) is 4.74 Å². The fraction of sp³-hybridized carbons (Fsp3) is 0.318. The van der Waals surface area contributed by atoms with Gasteiger partial charge in [0.15, 0.2) is 5.82 Å². The van der Waals surface area contributed by atoms with Gasteiger partial charge < -0.3 is 15.5 Å². The van der Waals surface area contributed by atoms with Gasteiger partial charge in [-0.05, 0) is 42.3 Å². The predicted octanol–water partition coefficient (Wildman–Crippen LogP) is 4.66. The van der Waals surface area contributed by atoms with Crippen LogP contribution in [0.5, 0.6) is 5.75 Å². The van der Waals surface area contributed by atoms with Crippen LogP contribution in [0.2, 0.25) is 0 Å². The van der Waals surface area contributed by atoms with Crippen LogP contribution in [-0.2, 0) is 17.4 Å². The van der Waals surface area contributed by atoms with Crippen molar-refractivity contribution in [2.24, 2.45) is 0 Å². The van der Waals surface area contributed by atoms with Crippen molar-refractivity contribution in [3.63, 3.8) is 0 Å². The van der Waals surface area contributed by atoms with Crippen molar-refractivity contribution in [1.82, 2.24) is 14.9 Å². The average Bonchev–Trinajstić information content (AvgIpc) is 3.20. The van der Waals surface area contributed by atoms with E-state index in [1.165, 1.54) is 23.9 Å². The summed E-state index contributed by atoms with van der Waals surface area (Å²) in [6, 6.07) is 11.4. The first-order valence-corrected chi connectivity index (χ1v) is 11.2. The zero-order chi connectivity index (χ0) is 23.6. The van der Waals surface area contributed by atoms with Crippen molar-refractivity contribution < 1.29 is 22.7 Å². The van der Waals surface area contributed by atoms with Crippen LogP contribution < -0.4 is 15.5 Å². The Morgan fingerprint density at radius 3 is 2.64 bits per heavy atom. The number of amides is 1. The highest BCUT2D eigenvalue weighted by atomic mass is 32.2. The summed E-state index contributed by atoms with van der Waals surface area (Å²) in [5.41, 5.74) is 3.38. The van der Waals surface area contributed by atoms with E-state index >= 15 is 0 Å². The Hall–Kier alpha value is -3.21. The number of alkyl halides is 3. The molecule has 1 aliphatic rings. The molecule has 1 aromatic heterocycles. The standard InChI is InChI=1S/C22H22F3N5O2S/c1-3-5-17-27-28-21-30(17)29-18(13-8-10-16(32-2)11-9-13)19(33-21)20(31)26-15-7-4-6-14(12-15)22(23,24)25/h4,6-12,18-19,29H,3,5H2,1-2H3,(H,26,31)/t18-,19+/m1/s1. The number of carbonyl (C=O) groups excluding carboxylic acids is 1. The van der Waals surface area contributed by atoms with Crippen LogP contribution in [0.25, 0.3) is 0 Å².